The minimum absolute atomic E-state index is 0.0210. The highest BCUT2D eigenvalue weighted by atomic mass is 16.2. The summed E-state index contributed by atoms with van der Waals surface area (Å²) in [4.78, 5) is 24.3. The number of carbonyl (C=O) groups is 2. The molecule has 1 aliphatic heterocycles. The molecule has 0 bridgehead atoms. The van der Waals surface area contributed by atoms with E-state index >= 15 is 0 Å². The van der Waals surface area contributed by atoms with Crippen molar-refractivity contribution in [3.05, 3.63) is 0 Å². The molecule has 110 valence electrons. The van der Waals surface area contributed by atoms with E-state index in [-0.39, 0.29) is 29.1 Å². The maximum absolute atomic E-state index is 12.6. The fourth-order valence-electron chi connectivity index (χ4n) is 3.47. The third-order valence-electron chi connectivity index (χ3n) is 4.86. The Kier molecular flexibility index (Phi) is 6.02. The van der Waals surface area contributed by atoms with Crippen LogP contribution in [-0.2, 0) is 9.59 Å². The number of carbonyl (C=O) groups excluding carboxylic acids is 2. The number of unbranched alkanes of at least 4 members (excludes halogenated alkanes) is 2. The highest BCUT2D eigenvalue weighted by Crippen LogP contribution is 2.44. The van der Waals surface area contributed by atoms with E-state index < -0.39 is 0 Å². The molecule has 2 amide bonds. The summed E-state index contributed by atoms with van der Waals surface area (Å²) in [6, 6.07) is 0. The average Bonchev–Trinajstić information content (AvgIpc) is 2.42. The number of nitrogens with one attached hydrogen (secondary N) is 1. The number of hydrogen-bond donors (Lipinski definition) is 1. The molecular weight excluding hydrogens is 238 g/mol. The van der Waals surface area contributed by atoms with Crippen LogP contribution in [-0.4, -0.2) is 11.8 Å². The van der Waals surface area contributed by atoms with Crippen LogP contribution in [0.15, 0.2) is 0 Å². The van der Waals surface area contributed by atoms with E-state index in [0.29, 0.717) is 6.42 Å². The molecule has 1 heterocycles. The number of rotatable bonds is 6. The minimum Gasteiger partial charge on any atom is -0.296 e. The van der Waals surface area contributed by atoms with Gasteiger partial charge in [-0.3, -0.25) is 14.9 Å². The van der Waals surface area contributed by atoms with Crippen molar-refractivity contribution in [1.82, 2.24) is 5.32 Å². The smallest absolute Gasteiger partial charge is 0.233 e. The lowest BCUT2D eigenvalue weighted by Crippen LogP contribution is -2.45. The quantitative estimate of drug-likeness (QED) is 0.589. The van der Waals surface area contributed by atoms with Gasteiger partial charge < -0.3 is 0 Å². The van der Waals surface area contributed by atoms with Gasteiger partial charge in [0.1, 0.15) is 0 Å². The normalized spacial score (nSPS) is 32.0. The second kappa shape index (κ2) is 7.06. The van der Waals surface area contributed by atoms with Crippen molar-refractivity contribution in [3.63, 3.8) is 0 Å². The second-order valence-corrected chi connectivity index (χ2v) is 6.21. The molecule has 1 aliphatic rings. The van der Waals surface area contributed by atoms with Crippen LogP contribution in [0.5, 0.6) is 0 Å². The Morgan fingerprint density at radius 1 is 1.11 bits per heavy atom. The third-order valence-corrected chi connectivity index (χ3v) is 4.86. The molecule has 0 aliphatic carbocycles. The molecule has 3 heteroatoms. The van der Waals surface area contributed by atoms with E-state index in [1.165, 1.54) is 0 Å². The van der Waals surface area contributed by atoms with Crippen molar-refractivity contribution < 1.29 is 9.59 Å². The Bertz CT molecular complexity index is 327. The number of amides is 2. The Morgan fingerprint density at radius 2 is 1.79 bits per heavy atom. The zero-order chi connectivity index (χ0) is 14.5. The molecule has 1 saturated heterocycles. The summed E-state index contributed by atoms with van der Waals surface area (Å²) >= 11 is 0. The Labute approximate surface area is 117 Å². The molecule has 3 atom stereocenters. The van der Waals surface area contributed by atoms with Gasteiger partial charge in [-0.2, -0.15) is 0 Å². The monoisotopic (exact) mass is 267 g/mol. The molecular formula is C16H29NO2. The molecule has 0 spiro atoms. The van der Waals surface area contributed by atoms with Crippen molar-refractivity contribution in [2.24, 2.45) is 17.3 Å². The first kappa shape index (κ1) is 16.2. The van der Waals surface area contributed by atoms with Crippen LogP contribution in [0.1, 0.15) is 72.6 Å². The Balaban J connectivity index is 2.99. The van der Waals surface area contributed by atoms with E-state index in [1.807, 2.05) is 0 Å². The maximum atomic E-state index is 12.6. The minimum atomic E-state index is -0.338. The van der Waals surface area contributed by atoms with Crippen LogP contribution in [0, 0.1) is 17.3 Å². The summed E-state index contributed by atoms with van der Waals surface area (Å²) in [5, 5.41) is 2.63. The lowest BCUT2D eigenvalue weighted by molar-refractivity contribution is -0.138. The summed E-state index contributed by atoms with van der Waals surface area (Å²) in [6.07, 6.45) is 6.67. The van der Waals surface area contributed by atoms with Gasteiger partial charge in [0.05, 0.1) is 5.41 Å². The SMILES string of the molecule is CCCCCC1(CCC)C(=O)NC(=O)CC(C)C1C. The predicted molar refractivity (Wildman–Crippen MR) is 77.6 cm³/mol. The van der Waals surface area contributed by atoms with E-state index in [4.69, 9.17) is 0 Å². The fourth-order valence-corrected chi connectivity index (χ4v) is 3.47. The van der Waals surface area contributed by atoms with Crippen LogP contribution in [0.4, 0.5) is 0 Å². The van der Waals surface area contributed by atoms with Gasteiger partial charge in [-0.15, -0.1) is 0 Å². The lowest BCUT2D eigenvalue weighted by atomic mass is 9.65. The van der Waals surface area contributed by atoms with Crippen molar-refractivity contribution in [3.8, 4) is 0 Å². The molecule has 19 heavy (non-hydrogen) atoms. The van der Waals surface area contributed by atoms with Crippen molar-refractivity contribution in [2.75, 3.05) is 0 Å². The molecule has 3 nitrogen and oxygen atoms in total. The summed E-state index contributed by atoms with van der Waals surface area (Å²) < 4.78 is 0. The lowest BCUT2D eigenvalue weighted by Gasteiger charge is -2.38. The zero-order valence-electron chi connectivity index (χ0n) is 12.9. The maximum Gasteiger partial charge on any atom is 0.233 e. The standard InChI is InChI=1S/C16H29NO2/c1-5-7-8-10-16(9-6-2)13(4)12(3)11-14(18)17-15(16)19/h12-13H,5-11H2,1-4H3,(H,17,18,19). The fraction of sp³-hybridized carbons (Fsp3) is 0.875. The first-order chi connectivity index (χ1) is 8.97. The molecule has 0 radical (unpaired) electrons. The Hall–Kier alpha value is -0.860. The third kappa shape index (κ3) is 3.58. The van der Waals surface area contributed by atoms with Crippen LogP contribution in [0.3, 0.4) is 0 Å². The van der Waals surface area contributed by atoms with Crippen LogP contribution in [0.25, 0.3) is 0 Å². The topological polar surface area (TPSA) is 46.2 Å². The molecule has 3 unspecified atom stereocenters. The predicted octanol–water partition coefficient (Wildman–Crippen LogP) is 3.67. The molecule has 0 aromatic heterocycles. The van der Waals surface area contributed by atoms with Crippen LogP contribution < -0.4 is 5.32 Å². The first-order valence-corrected chi connectivity index (χ1v) is 7.82. The van der Waals surface area contributed by atoms with Crippen LogP contribution in [0.2, 0.25) is 0 Å². The molecule has 0 saturated carbocycles. The van der Waals surface area contributed by atoms with Crippen molar-refractivity contribution >= 4 is 11.8 Å². The highest BCUT2D eigenvalue weighted by Gasteiger charge is 2.46. The van der Waals surface area contributed by atoms with E-state index in [2.05, 4.69) is 33.0 Å². The number of imide groups is 1. The zero-order valence-corrected chi connectivity index (χ0v) is 12.9. The number of hydrogen-bond acceptors (Lipinski definition) is 2. The molecule has 0 aromatic carbocycles. The molecule has 1 rings (SSSR count). The summed E-state index contributed by atoms with van der Waals surface area (Å²) in [5.74, 6) is 0.431. The van der Waals surface area contributed by atoms with Gasteiger partial charge in [0.15, 0.2) is 0 Å². The average molecular weight is 267 g/mol. The largest absolute Gasteiger partial charge is 0.296 e. The summed E-state index contributed by atoms with van der Waals surface area (Å²) in [6.45, 7) is 8.56. The molecule has 1 fully saturated rings. The van der Waals surface area contributed by atoms with E-state index in [0.717, 1.165) is 38.5 Å². The van der Waals surface area contributed by atoms with Gasteiger partial charge in [0.2, 0.25) is 11.8 Å². The van der Waals surface area contributed by atoms with Crippen molar-refractivity contribution in [1.29, 1.82) is 0 Å². The van der Waals surface area contributed by atoms with Gasteiger partial charge in [0, 0.05) is 6.42 Å². The molecule has 1 N–H and O–H groups in total. The highest BCUT2D eigenvalue weighted by molar-refractivity contribution is 5.99. The first-order valence-electron chi connectivity index (χ1n) is 7.82. The molecule has 0 aromatic rings. The summed E-state index contributed by atoms with van der Waals surface area (Å²) in [5.41, 5.74) is -0.338. The van der Waals surface area contributed by atoms with Gasteiger partial charge >= 0.3 is 0 Å². The van der Waals surface area contributed by atoms with Crippen molar-refractivity contribution in [2.45, 2.75) is 72.6 Å². The van der Waals surface area contributed by atoms with E-state index in [1.54, 1.807) is 0 Å². The van der Waals surface area contributed by atoms with Gasteiger partial charge in [0.25, 0.3) is 0 Å². The van der Waals surface area contributed by atoms with Gasteiger partial charge in [-0.05, 0) is 24.7 Å². The van der Waals surface area contributed by atoms with E-state index in [9.17, 15) is 9.59 Å². The van der Waals surface area contributed by atoms with Gasteiger partial charge in [-0.1, -0.05) is 53.4 Å². The summed E-state index contributed by atoms with van der Waals surface area (Å²) in [7, 11) is 0. The second-order valence-electron chi connectivity index (χ2n) is 6.21. The Morgan fingerprint density at radius 3 is 2.37 bits per heavy atom. The van der Waals surface area contributed by atoms with Crippen LogP contribution >= 0.6 is 0 Å². The van der Waals surface area contributed by atoms with Gasteiger partial charge in [-0.25, -0.2) is 0 Å².